The molecular weight excluding hydrogens is 326 g/mol. The van der Waals surface area contributed by atoms with Crippen LogP contribution in [0.4, 0.5) is 17.3 Å². The third-order valence-electron chi connectivity index (χ3n) is 4.59. The second-order valence-corrected chi connectivity index (χ2v) is 6.55. The summed E-state index contributed by atoms with van der Waals surface area (Å²) in [6.07, 6.45) is 4.94. The molecule has 3 rings (SSSR count). The highest BCUT2D eigenvalue weighted by atomic mass is 16.1. The Bertz CT molecular complexity index is 751. The Morgan fingerprint density at radius 3 is 2.69 bits per heavy atom. The molecule has 1 fully saturated rings. The highest BCUT2D eigenvalue weighted by molar-refractivity contribution is 5.79. The maximum atomic E-state index is 12.1. The van der Waals surface area contributed by atoms with E-state index in [0.29, 0.717) is 6.54 Å². The highest BCUT2D eigenvalue weighted by Crippen LogP contribution is 2.24. The van der Waals surface area contributed by atoms with Crippen LogP contribution in [0.15, 0.2) is 49.3 Å². The van der Waals surface area contributed by atoms with E-state index in [9.17, 15) is 4.79 Å². The summed E-state index contributed by atoms with van der Waals surface area (Å²) in [6.45, 7) is 7.84. The quantitative estimate of drug-likeness (QED) is 0.783. The van der Waals surface area contributed by atoms with Gasteiger partial charge < -0.3 is 15.5 Å². The molecule has 2 N–H and O–H groups in total. The molecule has 1 saturated heterocycles. The van der Waals surface area contributed by atoms with Crippen molar-refractivity contribution in [2.45, 2.75) is 19.8 Å². The van der Waals surface area contributed by atoms with Gasteiger partial charge in [-0.25, -0.2) is 9.97 Å². The predicted molar refractivity (Wildman–Crippen MR) is 105 cm³/mol. The summed E-state index contributed by atoms with van der Waals surface area (Å²) < 4.78 is 0. The standard InChI is InChI=1S/C20H25N5O/c1-3-10-21-20(26)16-8-11-25(12-9-16)19-13-18(22-14-23-19)24-17-6-4-15(2)5-7-17/h3-7,13-14,16H,1,8-12H2,2H3,(H,21,26)(H,22,23,24). The molecule has 6 nitrogen and oxygen atoms in total. The zero-order valence-electron chi connectivity index (χ0n) is 15.1. The van der Waals surface area contributed by atoms with Crippen LogP contribution in [-0.4, -0.2) is 35.5 Å². The van der Waals surface area contributed by atoms with Gasteiger partial charge in [-0.2, -0.15) is 0 Å². The van der Waals surface area contributed by atoms with Crippen LogP contribution in [0.1, 0.15) is 18.4 Å². The first kappa shape index (κ1) is 17.9. The van der Waals surface area contributed by atoms with Gasteiger partial charge in [0.15, 0.2) is 0 Å². The van der Waals surface area contributed by atoms with Crippen molar-refractivity contribution in [2.75, 3.05) is 29.9 Å². The molecule has 26 heavy (non-hydrogen) atoms. The summed E-state index contributed by atoms with van der Waals surface area (Å²) in [7, 11) is 0. The normalized spacial score (nSPS) is 14.7. The second kappa shape index (κ2) is 8.47. The average Bonchev–Trinajstić information content (AvgIpc) is 2.68. The maximum absolute atomic E-state index is 12.1. The van der Waals surface area contributed by atoms with Crippen molar-refractivity contribution in [2.24, 2.45) is 5.92 Å². The summed E-state index contributed by atoms with van der Waals surface area (Å²) in [5.74, 6) is 1.84. The number of carbonyl (C=O) groups excluding carboxylic acids is 1. The summed E-state index contributed by atoms with van der Waals surface area (Å²) >= 11 is 0. The van der Waals surface area contributed by atoms with Gasteiger partial charge in [0, 0.05) is 37.3 Å². The molecule has 1 aliphatic heterocycles. The lowest BCUT2D eigenvalue weighted by Crippen LogP contribution is -2.40. The van der Waals surface area contributed by atoms with Gasteiger partial charge in [0.1, 0.15) is 18.0 Å². The van der Waals surface area contributed by atoms with E-state index >= 15 is 0 Å². The lowest BCUT2D eigenvalue weighted by molar-refractivity contribution is -0.125. The van der Waals surface area contributed by atoms with Gasteiger partial charge in [0.05, 0.1) is 0 Å². The van der Waals surface area contributed by atoms with E-state index in [1.165, 1.54) is 5.56 Å². The number of amides is 1. The zero-order valence-corrected chi connectivity index (χ0v) is 15.1. The van der Waals surface area contributed by atoms with E-state index in [2.05, 4.69) is 51.1 Å². The highest BCUT2D eigenvalue weighted by Gasteiger charge is 2.25. The summed E-state index contributed by atoms with van der Waals surface area (Å²) in [5, 5.41) is 6.20. The first-order valence-corrected chi connectivity index (χ1v) is 8.95. The number of carbonyl (C=O) groups is 1. The number of benzene rings is 1. The third kappa shape index (κ3) is 4.59. The molecule has 0 saturated carbocycles. The van der Waals surface area contributed by atoms with Gasteiger partial charge in [0.2, 0.25) is 5.91 Å². The molecule has 0 aliphatic carbocycles. The maximum Gasteiger partial charge on any atom is 0.223 e. The molecule has 0 atom stereocenters. The lowest BCUT2D eigenvalue weighted by atomic mass is 9.96. The van der Waals surface area contributed by atoms with Crippen LogP contribution in [0.25, 0.3) is 0 Å². The van der Waals surface area contributed by atoms with Gasteiger partial charge in [-0.05, 0) is 31.9 Å². The SMILES string of the molecule is C=CCNC(=O)C1CCN(c2cc(Nc3ccc(C)cc3)ncn2)CC1. The number of aromatic nitrogens is 2. The number of nitrogens with zero attached hydrogens (tertiary/aromatic N) is 3. The zero-order chi connectivity index (χ0) is 18.4. The molecule has 2 aromatic rings. The number of anilines is 3. The minimum Gasteiger partial charge on any atom is -0.356 e. The molecule has 0 spiro atoms. The van der Waals surface area contributed by atoms with Gasteiger partial charge >= 0.3 is 0 Å². The lowest BCUT2D eigenvalue weighted by Gasteiger charge is -2.32. The Balaban J connectivity index is 1.59. The average molecular weight is 351 g/mol. The Morgan fingerprint density at radius 1 is 1.27 bits per heavy atom. The molecule has 6 heteroatoms. The Kier molecular flexibility index (Phi) is 5.84. The molecule has 0 radical (unpaired) electrons. The van der Waals surface area contributed by atoms with Crippen molar-refractivity contribution in [3.8, 4) is 0 Å². The first-order valence-electron chi connectivity index (χ1n) is 8.95. The van der Waals surface area contributed by atoms with Crippen LogP contribution in [0.3, 0.4) is 0 Å². The Labute approximate surface area is 154 Å². The van der Waals surface area contributed by atoms with Crippen LogP contribution < -0.4 is 15.5 Å². The van der Waals surface area contributed by atoms with E-state index in [1.807, 2.05) is 18.2 Å². The van der Waals surface area contributed by atoms with Gasteiger partial charge in [-0.3, -0.25) is 4.79 Å². The van der Waals surface area contributed by atoms with E-state index in [4.69, 9.17) is 0 Å². The van der Waals surface area contributed by atoms with Crippen molar-refractivity contribution in [3.63, 3.8) is 0 Å². The molecule has 0 unspecified atom stereocenters. The largest absolute Gasteiger partial charge is 0.356 e. The molecule has 136 valence electrons. The van der Waals surface area contributed by atoms with Crippen LogP contribution in [0, 0.1) is 12.8 Å². The minimum absolute atomic E-state index is 0.0678. The van der Waals surface area contributed by atoms with Crippen molar-refractivity contribution in [1.82, 2.24) is 15.3 Å². The van der Waals surface area contributed by atoms with Crippen LogP contribution in [0.5, 0.6) is 0 Å². The monoisotopic (exact) mass is 351 g/mol. The van der Waals surface area contributed by atoms with Crippen molar-refractivity contribution in [3.05, 3.63) is 54.9 Å². The van der Waals surface area contributed by atoms with E-state index in [1.54, 1.807) is 12.4 Å². The number of nitrogens with one attached hydrogen (secondary N) is 2. The van der Waals surface area contributed by atoms with Crippen LogP contribution >= 0.6 is 0 Å². The molecule has 2 heterocycles. The van der Waals surface area contributed by atoms with Crippen LogP contribution in [-0.2, 0) is 4.79 Å². The number of aryl methyl sites for hydroxylation is 1. The number of rotatable bonds is 6. The molecule has 0 bridgehead atoms. The fourth-order valence-corrected chi connectivity index (χ4v) is 3.06. The summed E-state index contributed by atoms with van der Waals surface area (Å²) in [4.78, 5) is 23.0. The van der Waals surface area contributed by atoms with E-state index < -0.39 is 0 Å². The topological polar surface area (TPSA) is 70.2 Å². The molecule has 1 aliphatic rings. The number of hydrogen-bond acceptors (Lipinski definition) is 5. The van der Waals surface area contributed by atoms with E-state index in [-0.39, 0.29) is 11.8 Å². The fourth-order valence-electron chi connectivity index (χ4n) is 3.06. The van der Waals surface area contributed by atoms with E-state index in [0.717, 1.165) is 43.3 Å². The predicted octanol–water partition coefficient (Wildman–Crippen LogP) is 3.05. The van der Waals surface area contributed by atoms with Gasteiger partial charge in [0.25, 0.3) is 0 Å². The van der Waals surface area contributed by atoms with Crippen molar-refractivity contribution in [1.29, 1.82) is 0 Å². The number of piperidine rings is 1. The second-order valence-electron chi connectivity index (χ2n) is 6.55. The summed E-state index contributed by atoms with van der Waals surface area (Å²) in [6, 6.07) is 10.1. The Morgan fingerprint density at radius 2 is 2.00 bits per heavy atom. The van der Waals surface area contributed by atoms with Gasteiger partial charge in [-0.15, -0.1) is 6.58 Å². The van der Waals surface area contributed by atoms with Crippen molar-refractivity contribution < 1.29 is 4.79 Å². The molecule has 1 amide bonds. The summed E-state index contributed by atoms with van der Waals surface area (Å²) in [5.41, 5.74) is 2.22. The van der Waals surface area contributed by atoms with Crippen LogP contribution in [0.2, 0.25) is 0 Å². The molecule has 1 aromatic heterocycles. The molecule has 1 aromatic carbocycles. The Hall–Kier alpha value is -2.89. The first-order chi connectivity index (χ1) is 12.7. The molecular formula is C20H25N5O. The minimum atomic E-state index is 0.0678. The smallest absolute Gasteiger partial charge is 0.223 e. The van der Waals surface area contributed by atoms with Crippen molar-refractivity contribution >= 4 is 23.2 Å². The number of hydrogen-bond donors (Lipinski definition) is 2. The van der Waals surface area contributed by atoms with Gasteiger partial charge in [-0.1, -0.05) is 23.8 Å². The third-order valence-corrected chi connectivity index (χ3v) is 4.59. The fraction of sp³-hybridized carbons (Fsp3) is 0.350.